The maximum Gasteiger partial charge on any atom is 0.0434 e. The number of aliphatic hydroxyl groups is 1. The molecule has 0 aromatic rings. The lowest BCUT2D eigenvalue weighted by Crippen LogP contribution is -2.52. The number of hydrogen-bond acceptors (Lipinski definition) is 3. The standard InChI is InChI=1S/C15H30N2O/c1-12(2)17-10-14(6-7-18)8-15(11-17)16-9-13-4-3-5-13/h12-16,18H,3-11H2,1-2H3. The Morgan fingerprint density at radius 2 is 2.00 bits per heavy atom. The summed E-state index contributed by atoms with van der Waals surface area (Å²) in [6.07, 6.45) is 6.49. The van der Waals surface area contributed by atoms with Crippen LogP contribution in [0.3, 0.4) is 0 Å². The highest BCUT2D eigenvalue weighted by atomic mass is 16.3. The molecule has 0 amide bonds. The molecule has 0 aromatic heterocycles. The van der Waals surface area contributed by atoms with E-state index in [2.05, 4.69) is 24.1 Å². The van der Waals surface area contributed by atoms with Gasteiger partial charge in [0.05, 0.1) is 0 Å². The van der Waals surface area contributed by atoms with Gasteiger partial charge in [0.1, 0.15) is 0 Å². The highest BCUT2D eigenvalue weighted by Gasteiger charge is 2.28. The van der Waals surface area contributed by atoms with Crippen LogP contribution >= 0.6 is 0 Å². The first-order valence-electron chi connectivity index (χ1n) is 7.77. The van der Waals surface area contributed by atoms with Crippen LogP contribution in [0.15, 0.2) is 0 Å². The fourth-order valence-electron chi connectivity index (χ4n) is 3.23. The molecule has 2 N–H and O–H groups in total. The van der Waals surface area contributed by atoms with Crippen LogP contribution in [0.2, 0.25) is 0 Å². The third-order valence-electron chi connectivity index (χ3n) is 4.75. The van der Waals surface area contributed by atoms with Crippen LogP contribution in [0.25, 0.3) is 0 Å². The average molecular weight is 254 g/mol. The van der Waals surface area contributed by atoms with Gasteiger partial charge in [-0.1, -0.05) is 6.42 Å². The minimum absolute atomic E-state index is 0.339. The molecule has 2 fully saturated rings. The van der Waals surface area contributed by atoms with Crippen LogP contribution in [-0.4, -0.2) is 48.3 Å². The first-order valence-corrected chi connectivity index (χ1v) is 7.77. The smallest absolute Gasteiger partial charge is 0.0434 e. The molecule has 0 spiro atoms. The second-order valence-electron chi connectivity index (χ2n) is 6.56. The molecule has 1 saturated heterocycles. The van der Waals surface area contributed by atoms with Gasteiger partial charge in [-0.3, -0.25) is 4.90 Å². The van der Waals surface area contributed by atoms with Crippen LogP contribution in [-0.2, 0) is 0 Å². The van der Waals surface area contributed by atoms with Gasteiger partial charge in [-0.25, -0.2) is 0 Å². The van der Waals surface area contributed by atoms with Gasteiger partial charge in [0.25, 0.3) is 0 Å². The van der Waals surface area contributed by atoms with Crippen molar-refractivity contribution in [3.8, 4) is 0 Å². The van der Waals surface area contributed by atoms with Crippen molar-refractivity contribution in [2.24, 2.45) is 11.8 Å². The molecule has 2 rings (SSSR count). The molecule has 0 bridgehead atoms. The summed E-state index contributed by atoms with van der Waals surface area (Å²) in [7, 11) is 0. The number of nitrogens with one attached hydrogen (secondary N) is 1. The average Bonchev–Trinajstić information content (AvgIpc) is 2.27. The Bertz CT molecular complexity index is 241. The molecule has 3 heteroatoms. The van der Waals surface area contributed by atoms with Crippen LogP contribution < -0.4 is 5.32 Å². The first kappa shape index (κ1) is 14.3. The predicted molar refractivity (Wildman–Crippen MR) is 75.7 cm³/mol. The van der Waals surface area contributed by atoms with Crippen molar-refractivity contribution in [1.29, 1.82) is 0 Å². The van der Waals surface area contributed by atoms with E-state index in [0.717, 1.165) is 12.3 Å². The largest absolute Gasteiger partial charge is 0.396 e. The molecule has 1 heterocycles. The second-order valence-corrected chi connectivity index (χ2v) is 6.56. The zero-order valence-corrected chi connectivity index (χ0v) is 12.1. The fourth-order valence-corrected chi connectivity index (χ4v) is 3.23. The van der Waals surface area contributed by atoms with Crippen molar-refractivity contribution in [3.05, 3.63) is 0 Å². The van der Waals surface area contributed by atoms with Crippen molar-refractivity contribution in [2.45, 2.75) is 58.0 Å². The zero-order chi connectivity index (χ0) is 13.0. The molecule has 1 aliphatic heterocycles. The van der Waals surface area contributed by atoms with E-state index in [4.69, 9.17) is 5.11 Å². The third-order valence-corrected chi connectivity index (χ3v) is 4.75. The van der Waals surface area contributed by atoms with Gasteiger partial charge in [0.15, 0.2) is 0 Å². The minimum atomic E-state index is 0.339. The van der Waals surface area contributed by atoms with Gasteiger partial charge >= 0.3 is 0 Å². The number of hydrogen-bond donors (Lipinski definition) is 2. The predicted octanol–water partition coefficient (Wildman–Crippen LogP) is 1.86. The van der Waals surface area contributed by atoms with E-state index in [1.54, 1.807) is 0 Å². The van der Waals surface area contributed by atoms with Crippen molar-refractivity contribution < 1.29 is 5.11 Å². The summed E-state index contributed by atoms with van der Waals surface area (Å²) in [5, 5.41) is 12.9. The summed E-state index contributed by atoms with van der Waals surface area (Å²) in [6.45, 7) is 8.47. The molecule has 2 aliphatic rings. The Labute approximate surface area is 112 Å². The van der Waals surface area contributed by atoms with Crippen molar-refractivity contribution >= 4 is 0 Å². The van der Waals surface area contributed by atoms with Crippen LogP contribution in [0.1, 0.15) is 46.0 Å². The van der Waals surface area contributed by atoms with E-state index >= 15 is 0 Å². The van der Waals surface area contributed by atoms with Gasteiger partial charge in [-0.05, 0) is 57.9 Å². The third kappa shape index (κ3) is 3.94. The Morgan fingerprint density at radius 3 is 2.56 bits per heavy atom. The van der Waals surface area contributed by atoms with E-state index in [0.29, 0.717) is 24.6 Å². The number of aliphatic hydroxyl groups excluding tert-OH is 1. The molecule has 3 nitrogen and oxygen atoms in total. The molecular formula is C15H30N2O. The lowest BCUT2D eigenvalue weighted by molar-refractivity contribution is 0.0931. The summed E-state index contributed by atoms with van der Waals surface area (Å²) >= 11 is 0. The molecule has 2 unspecified atom stereocenters. The lowest BCUT2D eigenvalue weighted by Gasteiger charge is -2.41. The van der Waals surface area contributed by atoms with E-state index < -0.39 is 0 Å². The van der Waals surface area contributed by atoms with E-state index in [1.165, 1.54) is 45.3 Å². The van der Waals surface area contributed by atoms with Crippen molar-refractivity contribution in [1.82, 2.24) is 10.2 Å². The Kier molecular flexibility index (Phi) is 5.46. The number of rotatable bonds is 6. The Hall–Kier alpha value is -0.120. The normalized spacial score (nSPS) is 30.7. The molecule has 0 radical (unpaired) electrons. The van der Waals surface area contributed by atoms with Gasteiger partial charge in [-0.2, -0.15) is 0 Å². The van der Waals surface area contributed by atoms with Crippen molar-refractivity contribution in [2.75, 3.05) is 26.2 Å². The summed E-state index contributed by atoms with van der Waals surface area (Å²) in [5.74, 6) is 1.61. The van der Waals surface area contributed by atoms with Gasteiger partial charge in [-0.15, -0.1) is 0 Å². The van der Waals surface area contributed by atoms with Gasteiger partial charge in [0, 0.05) is 31.8 Å². The number of piperidine rings is 1. The second kappa shape index (κ2) is 6.88. The minimum Gasteiger partial charge on any atom is -0.396 e. The molecule has 1 saturated carbocycles. The highest BCUT2D eigenvalue weighted by Crippen LogP contribution is 2.26. The maximum absolute atomic E-state index is 9.16. The zero-order valence-electron chi connectivity index (χ0n) is 12.1. The van der Waals surface area contributed by atoms with E-state index in [1.807, 2.05) is 0 Å². The SMILES string of the molecule is CC(C)N1CC(CCO)CC(NCC2CCC2)C1. The topological polar surface area (TPSA) is 35.5 Å². The molecular weight excluding hydrogens is 224 g/mol. The fraction of sp³-hybridized carbons (Fsp3) is 1.00. The molecule has 1 aliphatic carbocycles. The summed E-state index contributed by atoms with van der Waals surface area (Å²) in [4.78, 5) is 2.57. The van der Waals surface area contributed by atoms with Crippen molar-refractivity contribution in [3.63, 3.8) is 0 Å². The quantitative estimate of drug-likeness (QED) is 0.759. The Morgan fingerprint density at radius 1 is 1.22 bits per heavy atom. The molecule has 106 valence electrons. The molecule has 2 atom stereocenters. The van der Waals surface area contributed by atoms with Crippen LogP contribution in [0, 0.1) is 11.8 Å². The van der Waals surface area contributed by atoms with Crippen LogP contribution in [0.4, 0.5) is 0 Å². The first-order chi connectivity index (χ1) is 8.69. The number of nitrogens with zero attached hydrogens (tertiary/aromatic N) is 1. The Balaban J connectivity index is 1.79. The van der Waals surface area contributed by atoms with Gasteiger partial charge in [0.2, 0.25) is 0 Å². The summed E-state index contributed by atoms with van der Waals surface area (Å²) in [5.41, 5.74) is 0. The molecule has 18 heavy (non-hydrogen) atoms. The van der Waals surface area contributed by atoms with Gasteiger partial charge < -0.3 is 10.4 Å². The summed E-state index contributed by atoms with van der Waals surface area (Å²) in [6, 6.07) is 1.26. The molecule has 0 aromatic carbocycles. The lowest BCUT2D eigenvalue weighted by atomic mass is 9.84. The maximum atomic E-state index is 9.16. The monoisotopic (exact) mass is 254 g/mol. The van der Waals surface area contributed by atoms with E-state index in [9.17, 15) is 0 Å². The van der Waals surface area contributed by atoms with E-state index in [-0.39, 0.29) is 0 Å². The van der Waals surface area contributed by atoms with Crippen LogP contribution in [0.5, 0.6) is 0 Å². The highest BCUT2D eigenvalue weighted by molar-refractivity contribution is 4.86. The summed E-state index contributed by atoms with van der Waals surface area (Å²) < 4.78 is 0. The number of likely N-dealkylation sites (tertiary alicyclic amines) is 1.